The Bertz CT molecular complexity index is 199. The first-order valence-corrected chi connectivity index (χ1v) is 7.55. The predicted octanol–water partition coefficient (Wildman–Crippen LogP) is 2.97. The van der Waals surface area contributed by atoms with E-state index in [2.05, 4.69) is 6.92 Å². The number of rotatable bonds is 13. The second-order valence-electron chi connectivity index (χ2n) is 5.29. The molecule has 0 aliphatic carbocycles. The minimum Gasteiger partial charge on any atom is -0.549 e. The lowest BCUT2D eigenvalue weighted by atomic mass is 10.1. The van der Waals surface area contributed by atoms with Crippen LogP contribution in [0, 0.1) is 0 Å². The molecule has 0 aliphatic heterocycles. The van der Waals surface area contributed by atoms with Gasteiger partial charge < -0.3 is 21.0 Å². The van der Waals surface area contributed by atoms with E-state index >= 15 is 0 Å². The molecule has 0 fully saturated rings. The van der Waals surface area contributed by atoms with Crippen molar-refractivity contribution in [3.05, 3.63) is 0 Å². The number of unbranched alkanes of at least 4 members (excludes halogenated alkanes) is 9. The molecule has 0 saturated carbocycles. The van der Waals surface area contributed by atoms with Gasteiger partial charge in [0.2, 0.25) is 0 Å². The smallest absolute Gasteiger partial charge is 0.0554 e. The van der Waals surface area contributed by atoms with Gasteiger partial charge in [-0.3, -0.25) is 0 Å². The molecule has 0 atom stereocenters. The van der Waals surface area contributed by atoms with Crippen molar-refractivity contribution in [3.63, 3.8) is 0 Å². The Kier molecular flexibility index (Phi) is 16.8. The molecule has 0 heterocycles. The third kappa shape index (κ3) is 17.4. The summed E-state index contributed by atoms with van der Waals surface area (Å²) in [4.78, 5) is 12.2. The Morgan fingerprint density at radius 3 is 1.74 bits per heavy atom. The number of carbonyl (C=O) groups excluding carboxylic acids is 1. The summed E-state index contributed by atoms with van der Waals surface area (Å²) in [6, 6.07) is 0. The van der Waals surface area contributed by atoms with Crippen LogP contribution in [0.15, 0.2) is 0 Å². The zero-order valence-corrected chi connectivity index (χ0v) is 13.2. The zero-order valence-electron chi connectivity index (χ0n) is 13.2. The summed E-state index contributed by atoms with van der Waals surface area (Å²) < 4.78 is 0. The van der Waals surface area contributed by atoms with E-state index in [1.54, 1.807) is 0 Å². The van der Waals surface area contributed by atoms with Gasteiger partial charge in [-0.1, -0.05) is 64.7 Å². The number of aliphatic carboxylic acids is 1. The fraction of sp³-hybridized carbons (Fsp3) is 0.933. The molecular formula is C15H34N2O2. The molecule has 4 nitrogen and oxygen atoms in total. The van der Waals surface area contributed by atoms with E-state index < -0.39 is 5.97 Å². The zero-order chi connectivity index (χ0) is 13.6. The molecule has 0 aromatic heterocycles. The molecule has 0 aromatic rings. The Balaban J connectivity index is 0. The molecule has 0 unspecified atom stereocenters. The first kappa shape index (κ1) is 20.7. The van der Waals surface area contributed by atoms with Gasteiger partial charge in [-0.15, -0.1) is 0 Å². The maximum absolute atomic E-state index is 10.3. The van der Waals surface area contributed by atoms with Crippen molar-refractivity contribution in [1.29, 1.82) is 0 Å². The lowest BCUT2D eigenvalue weighted by Gasteiger charge is -2.16. The predicted molar refractivity (Wildman–Crippen MR) is 80.3 cm³/mol. The first-order chi connectivity index (χ1) is 8.66. The largest absolute Gasteiger partial charge is 0.549 e. The summed E-state index contributed by atoms with van der Waals surface area (Å²) in [5.74, 6) is -0.982. The molecule has 4 heteroatoms. The molecule has 0 rings (SSSR count). The molecule has 0 amide bonds. The monoisotopic (exact) mass is 274 g/mol. The lowest BCUT2D eigenvalue weighted by molar-refractivity contribution is -0.306. The highest BCUT2D eigenvalue weighted by molar-refractivity contribution is 5.66. The number of quaternary nitrogens is 1. The van der Waals surface area contributed by atoms with Crippen LogP contribution in [0.4, 0.5) is 0 Å². The standard InChI is InChI=1S/C15H31NO2.H3N/c1-3-4-5-6-7-8-9-10-11-12-13-16(2)14-15(17)18;/h3-14H2,1-2H3,(H,17,18);1H3. The molecule has 0 bridgehead atoms. The average Bonchev–Trinajstić information content (AvgIpc) is 2.30. The minimum absolute atomic E-state index is 0. The second kappa shape index (κ2) is 15.4. The number of likely N-dealkylation sites (N-methyl/N-ethyl adjacent to an activating group) is 1. The highest BCUT2D eigenvalue weighted by Gasteiger charge is 1.98. The molecular weight excluding hydrogens is 240 g/mol. The minimum atomic E-state index is -0.982. The maximum atomic E-state index is 10.3. The SMILES string of the molecule is CCCCCCCCCCCCN(C)CC(=O)[O-].[NH4+]. The highest BCUT2D eigenvalue weighted by atomic mass is 16.4. The van der Waals surface area contributed by atoms with Gasteiger partial charge in [0.25, 0.3) is 0 Å². The van der Waals surface area contributed by atoms with Gasteiger partial charge in [-0.2, -0.15) is 0 Å². The summed E-state index contributed by atoms with van der Waals surface area (Å²) >= 11 is 0. The van der Waals surface area contributed by atoms with Crippen molar-refractivity contribution in [3.8, 4) is 0 Å². The number of nitrogens with zero attached hydrogens (tertiary/aromatic N) is 1. The van der Waals surface area contributed by atoms with Crippen LogP contribution in [0.25, 0.3) is 0 Å². The van der Waals surface area contributed by atoms with Crippen molar-refractivity contribution in [2.24, 2.45) is 0 Å². The van der Waals surface area contributed by atoms with Crippen LogP contribution in [-0.2, 0) is 4.79 Å². The Labute approximate surface area is 119 Å². The van der Waals surface area contributed by atoms with Crippen molar-refractivity contribution in [2.75, 3.05) is 20.1 Å². The first-order valence-electron chi connectivity index (χ1n) is 7.55. The summed E-state index contributed by atoms with van der Waals surface area (Å²) in [5.41, 5.74) is 0. The summed E-state index contributed by atoms with van der Waals surface area (Å²) in [6.07, 6.45) is 13.1. The van der Waals surface area contributed by atoms with Gasteiger partial charge in [0.15, 0.2) is 0 Å². The summed E-state index contributed by atoms with van der Waals surface area (Å²) in [7, 11) is 1.84. The van der Waals surface area contributed by atoms with Gasteiger partial charge >= 0.3 is 0 Å². The molecule has 0 aliphatic rings. The average molecular weight is 274 g/mol. The third-order valence-corrected chi connectivity index (χ3v) is 3.29. The summed E-state index contributed by atoms with van der Waals surface area (Å²) in [5, 5.41) is 10.3. The topological polar surface area (TPSA) is 79.9 Å². The van der Waals surface area contributed by atoms with Crippen molar-refractivity contribution in [2.45, 2.75) is 71.1 Å². The molecule has 116 valence electrons. The number of hydrogen-bond acceptors (Lipinski definition) is 3. The molecule has 0 aromatic carbocycles. The third-order valence-electron chi connectivity index (χ3n) is 3.29. The Morgan fingerprint density at radius 2 is 1.32 bits per heavy atom. The number of carboxylic acids is 1. The summed E-state index contributed by atoms with van der Waals surface area (Å²) in [6.45, 7) is 3.17. The van der Waals surface area contributed by atoms with Crippen LogP contribution in [0.2, 0.25) is 0 Å². The van der Waals surface area contributed by atoms with Gasteiger partial charge in [0.1, 0.15) is 0 Å². The van der Waals surface area contributed by atoms with Crippen LogP contribution in [-0.4, -0.2) is 31.0 Å². The van der Waals surface area contributed by atoms with Crippen LogP contribution >= 0.6 is 0 Å². The number of carbonyl (C=O) groups is 1. The molecule has 0 spiro atoms. The van der Waals surface area contributed by atoms with Crippen LogP contribution in [0.5, 0.6) is 0 Å². The fourth-order valence-electron chi connectivity index (χ4n) is 2.17. The van der Waals surface area contributed by atoms with E-state index in [1.165, 1.54) is 57.8 Å². The normalized spacial score (nSPS) is 10.5. The lowest BCUT2D eigenvalue weighted by Crippen LogP contribution is -2.36. The van der Waals surface area contributed by atoms with Gasteiger partial charge in [0, 0.05) is 6.54 Å². The van der Waals surface area contributed by atoms with Gasteiger partial charge in [-0.05, 0) is 20.0 Å². The van der Waals surface area contributed by atoms with E-state index in [1.807, 2.05) is 11.9 Å². The van der Waals surface area contributed by atoms with Crippen molar-refractivity contribution in [1.82, 2.24) is 11.1 Å². The van der Waals surface area contributed by atoms with Gasteiger partial charge in [-0.25, -0.2) is 0 Å². The Morgan fingerprint density at radius 1 is 0.895 bits per heavy atom. The van der Waals surface area contributed by atoms with Crippen LogP contribution in [0.1, 0.15) is 71.1 Å². The quantitative estimate of drug-likeness (QED) is 0.524. The maximum Gasteiger partial charge on any atom is 0.0554 e. The molecule has 0 saturated heterocycles. The van der Waals surface area contributed by atoms with E-state index in [-0.39, 0.29) is 12.7 Å². The molecule has 19 heavy (non-hydrogen) atoms. The van der Waals surface area contributed by atoms with E-state index in [0.717, 1.165) is 13.0 Å². The van der Waals surface area contributed by atoms with E-state index in [9.17, 15) is 9.90 Å². The highest BCUT2D eigenvalue weighted by Crippen LogP contribution is 2.10. The molecule has 0 radical (unpaired) electrons. The second-order valence-corrected chi connectivity index (χ2v) is 5.29. The van der Waals surface area contributed by atoms with Crippen molar-refractivity contribution >= 4 is 5.97 Å². The number of carboxylic acid groups (broad SMARTS) is 1. The van der Waals surface area contributed by atoms with Crippen LogP contribution < -0.4 is 11.3 Å². The fourth-order valence-corrected chi connectivity index (χ4v) is 2.17. The van der Waals surface area contributed by atoms with E-state index in [4.69, 9.17) is 0 Å². The van der Waals surface area contributed by atoms with E-state index in [0.29, 0.717) is 0 Å². The van der Waals surface area contributed by atoms with Crippen molar-refractivity contribution < 1.29 is 9.90 Å². The van der Waals surface area contributed by atoms with Gasteiger partial charge in [0.05, 0.1) is 5.97 Å². The molecule has 4 N–H and O–H groups in total. The number of hydrogen-bond donors (Lipinski definition) is 1. The Hall–Kier alpha value is -0.610. The van der Waals surface area contributed by atoms with Crippen LogP contribution in [0.3, 0.4) is 0 Å².